The quantitative estimate of drug-likeness (QED) is 0.726. The molecule has 0 aliphatic carbocycles. The van der Waals surface area contributed by atoms with Gasteiger partial charge < -0.3 is 14.8 Å². The molecule has 0 radical (unpaired) electrons. The Kier molecular flexibility index (Phi) is 5.37. The number of fused-ring (bicyclic) bond motifs is 1. The van der Waals surface area contributed by atoms with Gasteiger partial charge >= 0.3 is 0 Å². The summed E-state index contributed by atoms with van der Waals surface area (Å²) in [5, 5.41) is 3.99. The topological polar surface area (TPSA) is 60.5 Å². The number of carbonyl (C=O) groups excluding carboxylic acids is 1. The first-order chi connectivity index (χ1) is 12.6. The van der Waals surface area contributed by atoms with Crippen molar-refractivity contribution in [2.45, 2.75) is 19.4 Å². The van der Waals surface area contributed by atoms with Crippen LogP contribution in [0.5, 0.6) is 11.5 Å². The van der Waals surface area contributed by atoms with Gasteiger partial charge in [0.25, 0.3) is 5.91 Å². The fourth-order valence-electron chi connectivity index (χ4n) is 2.85. The lowest BCUT2D eigenvalue weighted by molar-refractivity contribution is 0.0931. The van der Waals surface area contributed by atoms with Gasteiger partial charge in [0.15, 0.2) is 0 Å². The fraction of sp³-hybridized carbons (Fsp3) is 0.238. The molecule has 3 rings (SSSR count). The van der Waals surface area contributed by atoms with Crippen LogP contribution in [-0.4, -0.2) is 25.1 Å². The van der Waals surface area contributed by atoms with Crippen molar-refractivity contribution < 1.29 is 14.3 Å². The maximum Gasteiger partial charge on any atom is 0.270 e. The van der Waals surface area contributed by atoms with Crippen LogP contribution in [-0.2, 0) is 0 Å². The molecule has 5 nitrogen and oxygen atoms in total. The molecular weight excluding hydrogens is 328 g/mol. The number of hydrogen-bond donors (Lipinski definition) is 1. The van der Waals surface area contributed by atoms with Crippen LogP contribution in [0.15, 0.2) is 54.6 Å². The number of rotatable bonds is 6. The molecule has 0 aliphatic heterocycles. The minimum absolute atomic E-state index is 0.0817. The Morgan fingerprint density at radius 3 is 2.35 bits per heavy atom. The summed E-state index contributed by atoms with van der Waals surface area (Å²) in [6, 6.07) is 16.8. The van der Waals surface area contributed by atoms with E-state index < -0.39 is 0 Å². The molecule has 0 aliphatic rings. The summed E-state index contributed by atoms with van der Waals surface area (Å²) in [7, 11) is 3.26. The summed E-state index contributed by atoms with van der Waals surface area (Å²) in [6.07, 6.45) is 0.781. The van der Waals surface area contributed by atoms with Crippen LogP contribution < -0.4 is 14.8 Å². The Morgan fingerprint density at radius 2 is 1.69 bits per heavy atom. The molecule has 0 spiro atoms. The zero-order valence-electron chi connectivity index (χ0n) is 15.2. The largest absolute Gasteiger partial charge is 0.497 e. The highest BCUT2D eigenvalue weighted by Crippen LogP contribution is 2.22. The molecule has 0 saturated carbocycles. The molecule has 1 N–H and O–H groups in total. The van der Waals surface area contributed by atoms with E-state index in [0.29, 0.717) is 5.69 Å². The van der Waals surface area contributed by atoms with Gasteiger partial charge in [-0.2, -0.15) is 0 Å². The van der Waals surface area contributed by atoms with E-state index >= 15 is 0 Å². The maximum atomic E-state index is 12.7. The Morgan fingerprint density at radius 1 is 1.00 bits per heavy atom. The van der Waals surface area contributed by atoms with E-state index in [4.69, 9.17) is 9.47 Å². The Balaban J connectivity index is 1.79. The van der Waals surface area contributed by atoms with E-state index in [1.54, 1.807) is 20.3 Å². The van der Waals surface area contributed by atoms with E-state index in [1.807, 2.05) is 55.5 Å². The van der Waals surface area contributed by atoms with Gasteiger partial charge in [-0.25, -0.2) is 4.98 Å². The minimum Gasteiger partial charge on any atom is -0.497 e. The van der Waals surface area contributed by atoms with Gasteiger partial charge in [-0.3, -0.25) is 4.79 Å². The molecule has 134 valence electrons. The molecule has 1 amide bonds. The second-order valence-corrected chi connectivity index (χ2v) is 5.96. The summed E-state index contributed by atoms with van der Waals surface area (Å²) in [5.41, 5.74) is 2.19. The van der Waals surface area contributed by atoms with E-state index in [1.165, 1.54) is 0 Å². The molecule has 26 heavy (non-hydrogen) atoms. The first kappa shape index (κ1) is 17.7. The van der Waals surface area contributed by atoms with Gasteiger partial charge in [0.1, 0.15) is 17.2 Å². The third-order valence-electron chi connectivity index (χ3n) is 4.36. The van der Waals surface area contributed by atoms with Crippen molar-refractivity contribution in [3.05, 3.63) is 65.9 Å². The molecule has 1 atom stereocenters. The van der Waals surface area contributed by atoms with Crippen LogP contribution in [0.1, 0.15) is 35.4 Å². The monoisotopic (exact) mass is 350 g/mol. The number of amides is 1. The Hall–Kier alpha value is -3.08. The van der Waals surface area contributed by atoms with E-state index in [2.05, 4.69) is 10.3 Å². The number of carbonyl (C=O) groups is 1. The highest BCUT2D eigenvalue weighted by atomic mass is 16.5. The van der Waals surface area contributed by atoms with Crippen molar-refractivity contribution in [2.75, 3.05) is 14.2 Å². The summed E-state index contributed by atoms with van der Waals surface area (Å²) in [4.78, 5) is 17.1. The SMILES string of the molecule is CC[C@H](NC(=O)c1ccc2cc(OC)ccc2n1)c1ccc(OC)cc1. The molecular formula is C21H22N2O3. The Bertz CT molecular complexity index is 907. The van der Waals surface area contributed by atoms with Crippen LogP contribution in [0.3, 0.4) is 0 Å². The number of hydrogen-bond acceptors (Lipinski definition) is 4. The second kappa shape index (κ2) is 7.87. The van der Waals surface area contributed by atoms with Gasteiger partial charge in [-0.05, 0) is 48.4 Å². The van der Waals surface area contributed by atoms with Crippen LogP contribution in [0.25, 0.3) is 10.9 Å². The van der Waals surface area contributed by atoms with Crippen molar-refractivity contribution in [1.82, 2.24) is 10.3 Å². The molecule has 5 heteroatoms. The maximum absolute atomic E-state index is 12.7. The Labute approximate surface area is 153 Å². The van der Waals surface area contributed by atoms with E-state index in [9.17, 15) is 4.79 Å². The summed E-state index contributed by atoms with van der Waals surface area (Å²) >= 11 is 0. The average Bonchev–Trinajstić information content (AvgIpc) is 2.71. The lowest BCUT2D eigenvalue weighted by atomic mass is 10.0. The zero-order chi connectivity index (χ0) is 18.5. The van der Waals surface area contributed by atoms with Crippen molar-refractivity contribution in [3.8, 4) is 11.5 Å². The normalized spacial score (nSPS) is 11.8. The highest BCUT2D eigenvalue weighted by Gasteiger charge is 2.15. The highest BCUT2D eigenvalue weighted by molar-refractivity contribution is 5.95. The lowest BCUT2D eigenvalue weighted by Gasteiger charge is -2.17. The summed E-state index contributed by atoms with van der Waals surface area (Å²) in [6.45, 7) is 2.04. The number of aromatic nitrogens is 1. The minimum atomic E-state index is -0.189. The molecule has 0 bridgehead atoms. The first-order valence-corrected chi connectivity index (χ1v) is 8.54. The zero-order valence-corrected chi connectivity index (χ0v) is 15.2. The third kappa shape index (κ3) is 3.77. The molecule has 1 aromatic heterocycles. The third-order valence-corrected chi connectivity index (χ3v) is 4.36. The van der Waals surface area contributed by atoms with E-state index in [0.717, 1.165) is 34.4 Å². The van der Waals surface area contributed by atoms with Gasteiger partial charge in [0, 0.05) is 5.39 Å². The van der Waals surface area contributed by atoms with Gasteiger partial charge in [0.2, 0.25) is 0 Å². The molecule has 3 aromatic rings. The fourth-order valence-corrected chi connectivity index (χ4v) is 2.85. The number of pyridine rings is 1. The number of benzene rings is 2. The second-order valence-electron chi connectivity index (χ2n) is 5.96. The van der Waals surface area contributed by atoms with Crippen molar-refractivity contribution in [1.29, 1.82) is 0 Å². The van der Waals surface area contributed by atoms with Crippen LogP contribution >= 0.6 is 0 Å². The number of nitrogens with one attached hydrogen (secondary N) is 1. The summed E-state index contributed by atoms with van der Waals surface area (Å²) in [5.74, 6) is 1.37. The molecule has 0 saturated heterocycles. The first-order valence-electron chi connectivity index (χ1n) is 8.54. The van der Waals surface area contributed by atoms with Crippen LogP contribution in [0.2, 0.25) is 0 Å². The van der Waals surface area contributed by atoms with E-state index in [-0.39, 0.29) is 11.9 Å². The van der Waals surface area contributed by atoms with Gasteiger partial charge in [-0.1, -0.05) is 25.1 Å². The molecule has 2 aromatic carbocycles. The number of nitrogens with zero attached hydrogens (tertiary/aromatic N) is 1. The van der Waals surface area contributed by atoms with Crippen molar-refractivity contribution in [3.63, 3.8) is 0 Å². The van der Waals surface area contributed by atoms with Crippen molar-refractivity contribution in [2.24, 2.45) is 0 Å². The number of ether oxygens (including phenoxy) is 2. The molecule has 0 unspecified atom stereocenters. The predicted molar refractivity (Wildman–Crippen MR) is 102 cm³/mol. The number of methoxy groups -OCH3 is 2. The molecule has 0 fully saturated rings. The molecule has 1 heterocycles. The standard InChI is InChI=1S/C21H22N2O3/c1-4-18(14-5-8-16(25-2)9-6-14)23-21(24)20-11-7-15-13-17(26-3)10-12-19(15)22-20/h5-13,18H,4H2,1-3H3,(H,23,24)/t18-/m0/s1. The average molecular weight is 350 g/mol. The van der Waals surface area contributed by atoms with Gasteiger partial charge in [0.05, 0.1) is 25.8 Å². The van der Waals surface area contributed by atoms with Crippen molar-refractivity contribution >= 4 is 16.8 Å². The smallest absolute Gasteiger partial charge is 0.270 e. The van der Waals surface area contributed by atoms with Gasteiger partial charge in [-0.15, -0.1) is 0 Å². The van der Waals surface area contributed by atoms with Crippen LogP contribution in [0.4, 0.5) is 0 Å². The predicted octanol–water partition coefficient (Wildman–Crippen LogP) is 4.13. The summed E-state index contributed by atoms with van der Waals surface area (Å²) < 4.78 is 10.4. The lowest BCUT2D eigenvalue weighted by Crippen LogP contribution is -2.28. The van der Waals surface area contributed by atoms with Crippen LogP contribution in [0, 0.1) is 0 Å².